The first-order valence-corrected chi connectivity index (χ1v) is 28.8. The van der Waals surface area contributed by atoms with Crippen molar-refractivity contribution in [2.24, 2.45) is 5.73 Å². The highest BCUT2D eigenvalue weighted by Crippen LogP contribution is 2.37. The Morgan fingerprint density at radius 3 is 1.15 bits per heavy atom. The van der Waals surface area contributed by atoms with Crippen molar-refractivity contribution in [1.82, 2.24) is 35.2 Å². The molecule has 28 nitrogen and oxygen atoms in total. The Bertz CT molecular complexity index is 3530. The quantitative estimate of drug-likeness (QED) is 0.0453. The van der Waals surface area contributed by atoms with Crippen molar-refractivity contribution in [3.63, 3.8) is 0 Å². The SMILES string of the molecule is CCC1OC(c2cnc(NC(=O)c3ccccc3)[nH]c2=O)CC1O.CCC1OC(c2cnc(NC(=O)c3ccccc3)[nH]c2=O)CC1OC(=O)CCC(=O)NC.CCC1OC(c2cnc(NC(=O)c3ccccc3)[nH]c2=O)CC1OC(=O)CCC(=O)O.CN. The lowest BCUT2D eigenvalue weighted by Crippen LogP contribution is -2.27. The average molecular weight is 1230 g/mol. The summed E-state index contributed by atoms with van der Waals surface area (Å²) in [5.74, 6) is -3.50. The number of hydrogen-bond acceptors (Lipinski definition) is 20. The van der Waals surface area contributed by atoms with E-state index in [0.29, 0.717) is 54.4 Å². The summed E-state index contributed by atoms with van der Waals surface area (Å²) in [6.45, 7) is 5.67. The number of carboxylic acid groups (broad SMARTS) is 1. The molecule has 6 aromatic rings. The third-order valence-corrected chi connectivity index (χ3v) is 14.1. The number of nitrogens with one attached hydrogen (secondary N) is 7. The van der Waals surface area contributed by atoms with Crippen LogP contribution in [0.1, 0.15) is 151 Å². The number of anilines is 3. The molecule has 9 rings (SSSR count). The minimum atomic E-state index is -1.08. The molecule has 9 atom stereocenters. The second-order valence-electron chi connectivity index (χ2n) is 20.1. The Kier molecular flexibility index (Phi) is 26.2. The van der Waals surface area contributed by atoms with Gasteiger partial charge in [0.2, 0.25) is 23.8 Å². The van der Waals surface area contributed by atoms with Gasteiger partial charge in [0.15, 0.2) is 0 Å². The molecule has 4 amide bonds. The normalized spacial score (nSPS) is 20.5. The minimum absolute atomic E-state index is 0.00397. The van der Waals surface area contributed by atoms with E-state index in [1.165, 1.54) is 32.7 Å². The zero-order valence-electron chi connectivity index (χ0n) is 49.6. The maximum atomic E-state index is 12.6. The molecule has 3 aromatic carbocycles. The van der Waals surface area contributed by atoms with E-state index in [2.05, 4.69) is 56.9 Å². The number of carbonyl (C=O) groups is 7. The first kappa shape index (κ1) is 68.5. The van der Waals surface area contributed by atoms with Crippen LogP contribution in [0.5, 0.6) is 0 Å². The van der Waals surface area contributed by atoms with Gasteiger partial charge in [-0.2, -0.15) is 0 Å². The zero-order valence-corrected chi connectivity index (χ0v) is 49.6. The van der Waals surface area contributed by atoms with Gasteiger partial charge in [0.1, 0.15) is 12.2 Å². The molecule has 3 fully saturated rings. The second-order valence-corrected chi connectivity index (χ2v) is 20.1. The van der Waals surface area contributed by atoms with E-state index in [9.17, 15) is 53.1 Å². The van der Waals surface area contributed by atoms with Crippen molar-refractivity contribution in [1.29, 1.82) is 0 Å². The molecule has 3 saturated heterocycles. The first-order chi connectivity index (χ1) is 42.9. The molecule has 89 heavy (non-hydrogen) atoms. The summed E-state index contributed by atoms with van der Waals surface area (Å²) in [7, 11) is 3.00. The molecule has 0 radical (unpaired) electrons. The van der Waals surface area contributed by atoms with Gasteiger partial charge in [-0.05, 0) is 62.7 Å². The van der Waals surface area contributed by atoms with Crippen LogP contribution in [-0.4, -0.2) is 132 Å². The number of aromatic nitrogens is 6. The minimum Gasteiger partial charge on any atom is -0.481 e. The fraction of sp³-hybridized carbons (Fsp3) is 0.393. The van der Waals surface area contributed by atoms with Crippen molar-refractivity contribution in [3.05, 3.63) is 174 Å². The summed E-state index contributed by atoms with van der Waals surface area (Å²) in [4.78, 5) is 140. The number of H-pyrrole nitrogens is 3. The van der Waals surface area contributed by atoms with Gasteiger partial charge in [-0.1, -0.05) is 75.4 Å². The van der Waals surface area contributed by atoms with Gasteiger partial charge in [0.25, 0.3) is 34.4 Å². The number of rotatable bonds is 20. The largest absolute Gasteiger partial charge is 0.481 e. The van der Waals surface area contributed by atoms with Crippen LogP contribution in [-0.2, 0) is 42.9 Å². The molecule has 3 aliphatic rings. The van der Waals surface area contributed by atoms with Crippen LogP contribution in [0.25, 0.3) is 0 Å². The van der Waals surface area contributed by atoms with Crippen molar-refractivity contribution in [2.45, 2.75) is 140 Å². The lowest BCUT2D eigenvalue weighted by atomic mass is 10.1. The Labute approximate surface area is 510 Å². The third-order valence-electron chi connectivity index (χ3n) is 14.1. The smallest absolute Gasteiger partial charge is 0.306 e. The molecular formula is C61H73N11O17. The summed E-state index contributed by atoms with van der Waals surface area (Å²) in [6.07, 6.45) is 1.74. The van der Waals surface area contributed by atoms with Gasteiger partial charge in [-0.3, -0.25) is 78.8 Å². The van der Waals surface area contributed by atoms with E-state index >= 15 is 0 Å². The Hall–Kier alpha value is -9.61. The summed E-state index contributed by atoms with van der Waals surface area (Å²) < 4.78 is 28.3. The Morgan fingerprint density at radius 1 is 0.517 bits per heavy atom. The number of nitrogens with two attached hydrogens (primary N) is 1. The molecular weight excluding hydrogens is 1160 g/mol. The number of esters is 2. The number of nitrogens with zero attached hydrogens (tertiary/aromatic N) is 3. The molecule has 0 saturated carbocycles. The van der Waals surface area contributed by atoms with Gasteiger partial charge in [0.05, 0.1) is 78.7 Å². The van der Waals surface area contributed by atoms with E-state index < -0.39 is 83.6 Å². The molecule has 3 aromatic heterocycles. The maximum absolute atomic E-state index is 12.6. The lowest BCUT2D eigenvalue weighted by Gasteiger charge is -2.17. The molecule has 28 heteroatoms. The molecule has 9 unspecified atom stereocenters. The highest BCUT2D eigenvalue weighted by molar-refractivity contribution is 6.04. The monoisotopic (exact) mass is 1230 g/mol. The van der Waals surface area contributed by atoms with Crippen molar-refractivity contribution >= 4 is 59.4 Å². The van der Waals surface area contributed by atoms with Crippen LogP contribution in [0, 0.1) is 0 Å². The summed E-state index contributed by atoms with van der Waals surface area (Å²) in [5, 5.41) is 28.7. The van der Waals surface area contributed by atoms with Gasteiger partial charge in [-0.15, -0.1) is 0 Å². The number of aliphatic carboxylic acids is 1. The van der Waals surface area contributed by atoms with E-state index in [1.807, 2.05) is 26.8 Å². The van der Waals surface area contributed by atoms with Crippen LogP contribution < -0.4 is 43.7 Å². The fourth-order valence-electron chi connectivity index (χ4n) is 9.50. The van der Waals surface area contributed by atoms with E-state index in [-0.39, 0.29) is 90.7 Å². The second kappa shape index (κ2) is 34.1. The number of amides is 4. The number of carboxylic acids is 1. The van der Waals surface area contributed by atoms with Crippen molar-refractivity contribution < 1.29 is 67.5 Å². The molecule has 6 heterocycles. The van der Waals surface area contributed by atoms with Crippen molar-refractivity contribution in [3.8, 4) is 0 Å². The number of ether oxygens (including phenoxy) is 5. The highest BCUT2D eigenvalue weighted by atomic mass is 16.6. The summed E-state index contributed by atoms with van der Waals surface area (Å²) in [6, 6.07) is 25.7. The van der Waals surface area contributed by atoms with E-state index in [1.54, 1.807) is 84.9 Å². The Morgan fingerprint density at radius 2 is 0.843 bits per heavy atom. The zero-order chi connectivity index (χ0) is 64.6. The van der Waals surface area contributed by atoms with E-state index in [0.717, 1.165) is 0 Å². The van der Waals surface area contributed by atoms with Gasteiger partial charge >= 0.3 is 17.9 Å². The van der Waals surface area contributed by atoms with Crippen LogP contribution in [0.2, 0.25) is 0 Å². The number of hydrogen-bond donors (Lipinski definition) is 10. The predicted octanol–water partition coefficient (Wildman–Crippen LogP) is 4.94. The van der Waals surface area contributed by atoms with E-state index in [4.69, 9.17) is 28.8 Å². The summed E-state index contributed by atoms with van der Waals surface area (Å²) >= 11 is 0. The number of aromatic amines is 3. The number of aliphatic hydroxyl groups excluding tert-OH is 1. The first-order valence-electron chi connectivity index (χ1n) is 28.8. The third kappa shape index (κ3) is 20.0. The Balaban J connectivity index is 0.000000212. The van der Waals surface area contributed by atoms with Crippen LogP contribution in [0.15, 0.2) is 124 Å². The fourth-order valence-corrected chi connectivity index (χ4v) is 9.50. The molecule has 3 aliphatic heterocycles. The van der Waals surface area contributed by atoms with Gasteiger partial charge in [-0.25, -0.2) is 15.0 Å². The van der Waals surface area contributed by atoms with Crippen LogP contribution >= 0.6 is 0 Å². The van der Waals surface area contributed by atoms with Gasteiger partial charge in [0, 0.05) is 68.0 Å². The average Bonchev–Trinajstić information content (AvgIpc) is 3.32. The van der Waals surface area contributed by atoms with Crippen molar-refractivity contribution in [2.75, 3.05) is 30.0 Å². The number of benzene rings is 3. The standard InChI is InChI=1S/C22H26N4O6.C21H23N3O7.C17H19N3O4.CH5N/c1-3-15-17(32-19(28)10-9-18(27)23-2)11-16(31-15)14-12-24-22(26-21(14)30)25-20(29)13-7-5-4-6-8-13;1-2-14-16(31-18(27)9-8-17(25)26)10-15(30-14)13-11-22-21(24-20(13)29)23-19(28)12-6-4-3-5-7-12;1-2-13-12(21)8-14(24-13)11-9-18-17(20-16(11)23)19-15(22)10-6-4-3-5-7-10;1-2/h4-8,12,15-17H,3,9-11H2,1-2H3,(H,23,27)(H2,24,25,26,29,30);3-7,11,14-16H,2,8-10H2,1H3,(H,25,26)(H2,22,23,24,28,29);3-7,9,12-14,21H,2,8H2,1H3,(H2,18,19,20,22,23);2H2,1H3. The maximum Gasteiger partial charge on any atom is 0.306 e. The van der Waals surface area contributed by atoms with Crippen LogP contribution in [0.3, 0.4) is 0 Å². The number of carbonyl (C=O) groups excluding carboxylic acids is 6. The topological polar surface area (TPSA) is 417 Å². The molecule has 0 spiro atoms. The lowest BCUT2D eigenvalue weighted by molar-refractivity contribution is -0.154. The molecule has 11 N–H and O–H groups in total. The highest BCUT2D eigenvalue weighted by Gasteiger charge is 2.41. The molecule has 0 aliphatic carbocycles. The number of aliphatic hydroxyl groups is 1. The predicted molar refractivity (Wildman–Crippen MR) is 321 cm³/mol. The van der Waals surface area contributed by atoms with Gasteiger partial charge < -0.3 is 44.9 Å². The summed E-state index contributed by atoms with van der Waals surface area (Å²) in [5.41, 5.74) is 5.40. The molecule has 474 valence electrons. The van der Waals surface area contributed by atoms with Crippen LogP contribution in [0.4, 0.5) is 17.8 Å². The molecule has 0 bridgehead atoms.